The smallest absolute Gasteiger partial charge is 0.137 e. The number of nitrogens with one attached hydrogen (secondary N) is 1. The van der Waals surface area contributed by atoms with Crippen molar-refractivity contribution in [2.75, 3.05) is 6.61 Å². The summed E-state index contributed by atoms with van der Waals surface area (Å²) in [6.45, 7) is 4.96. The summed E-state index contributed by atoms with van der Waals surface area (Å²) >= 11 is 0. The molecule has 1 aliphatic carbocycles. The van der Waals surface area contributed by atoms with Gasteiger partial charge < -0.3 is 4.74 Å². The van der Waals surface area contributed by atoms with Crippen molar-refractivity contribution in [2.24, 2.45) is 11.3 Å². The Morgan fingerprint density at radius 2 is 2.11 bits per heavy atom. The zero-order valence-corrected chi connectivity index (χ0v) is 12.0. The van der Waals surface area contributed by atoms with Crippen LogP contribution in [0, 0.1) is 5.41 Å². The van der Waals surface area contributed by atoms with Gasteiger partial charge >= 0.3 is 0 Å². The zero-order valence-electron chi connectivity index (χ0n) is 12.0. The maximum atomic E-state index is 5.83. The number of pyridine rings is 1. The van der Waals surface area contributed by atoms with Crippen molar-refractivity contribution in [3.05, 3.63) is 24.0 Å². The molecular formula is C15H25N3O. The highest BCUT2D eigenvalue weighted by Crippen LogP contribution is 2.45. The Labute approximate surface area is 115 Å². The van der Waals surface area contributed by atoms with Gasteiger partial charge in [0.15, 0.2) is 0 Å². The molecule has 0 bridgehead atoms. The van der Waals surface area contributed by atoms with E-state index >= 15 is 0 Å². The molecule has 0 spiro atoms. The summed E-state index contributed by atoms with van der Waals surface area (Å²) in [5.41, 5.74) is 4.33. The second-order valence-electron chi connectivity index (χ2n) is 5.70. The van der Waals surface area contributed by atoms with Crippen LogP contribution in [0.3, 0.4) is 0 Å². The third-order valence-corrected chi connectivity index (χ3v) is 4.24. The van der Waals surface area contributed by atoms with E-state index < -0.39 is 0 Å². The lowest BCUT2D eigenvalue weighted by Gasteiger charge is -2.40. The van der Waals surface area contributed by atoms with E-state index in [-0.39, 0.29) is 11.5 Å². The monoisotopic (exact) mass is 263 g/mol. The van der Waals surface area contributed by atoms with Crippen molar-refractivity contribution in [1.82, 2.24) is 10.4 Å². The molecule has 2 rings (SSSR count). The molecule has 0 saturated heterocycles. The molecule has 1 aliphatic rings. The van der Waals surface area contributed by atoms with Crippen molar-refractivity contribution < 1.29 is 4.74 Å². The lowest BCUT2D eigenvalue weighted by Crippen LogP contribution is -2.41. The van der Waals surface area contributed by atoms with Crippen molar-refractivity contribution in [2.45, 2.75) is 52.0 Å². The van der Waals surface area contributed by atoms with E-state index in [1.807, 2.05) is 13.1 Å². The lowest BCUT2D eigenvalue weighted by molar-refractivity contribution is 0.144. The highest BCUT2D eigenvalue weighted by Gasteiger charge is 2.36. The quantitative estimate of drug-likeness (QED) is 0.633. The minimum absolute atomic E-state index is 0.140. The summed E-state index contributed by atoms with van der Waals surface area (Å²) in [6.07, 6.45) is 9.97. The first-order valence-corrected chi connectivity index (χ1v) is 7.23. The van der Waals surface area contributed by atoms with E-state index in [9.17, 15) is 0 Å². The van der Waals surface area contributed by atoms with Crippen LogP contribution < -0.4 is 16.0 Å². The Morgan fingerprint density at radius 3 is 2.74 bits per heavy atom. The number of ether oxygens (including phenoxy) is 1. The number of hydrogen-bond donors (Lipinski definition) is 2. The van der Waals surface area contributed by atoms with Gasteiger partial charge in [-0.2, -0.15) is 0 Å². The van der Waals surface area contributed by atoms with Gasteiger partial charge in [-0.25, -0.2) is 0 Å². The minimum atomic E-state index is 0.140. The van der Waals surface area contributed by atoms with E-state index in [2.05, 4.69) is 23.4 Å². The standard InChI is InChI=1S/C15H25N3O/c1-3-19-13-9-12(10-17-11-13)14(18-16)15(2)7-5-4-6-8-15/h9-11,14,18H,3-8,16H2,1-2H3. The van der Waals surface area contributed by atoms with Gasteiger partial charge in [-0.3, -0.25) is 16.3 Å². The first kappa shape index (κ1) is 14.3. The summed E-state index contributed by atoms with van der Waals surface area (Å²) in [6, 6.07) is 2.20. The van der Waals surface area contributed by atoms with Crippen LogP contribution in [0.4, 0.5) is 0 Å². The first-order chi connectivity index (χ1) is 9.19. The van der Waals surface area contributed by atoms with Crippen LogP contribution in [0.1, 0.15) is 57.6 Å². The summed E-state index contributed by atoms with van der Waals surface area (Å²) in [4.78, 5) is 4.28. The molecule has 1 unspecified atom stereocenters. The number of aromatic nitrogens is 1. The molecule has 4 heteroatoms. The van der Waals surface area contributed by atoms with Crippen LogP contribution in [0.5, 0.6) is 5.75 Å². The Kier molecular flexibility index (Phi) is 4.77. The van der Waals surface area contributed by atoms with Crippen molar-refractivity contribution in [3.63, 3.8) is 0 Å². The molecule has 0 radical (unpaired) electrons. The number of nitrogens with two attached hydrogens (primary N) is 1. The molecular weight excluding hydrogens is 238 g/mol. The Balaban J connectivity index is 2.22. The topological polar surface area (TPSA) is 60.2 Å². The molecule has 0 aliphatic heterocycles. The molecule has 1 heterocycles. The van der Waals surface area contributed by atoms with Crippen LogP contribution in [-0.4, -0.2) is 11.6 Å². The van der Waals surface area contributed by atoms with Gasteiger partial charge in [0.25, 0.3) is 0 Å². The average Bonchev–Trinajstić information content (AvgIpc) is 2.41. The van der Waals surface area contributed by atoms with E-state index in [4.69, 9.17) is 10.6 Å². The number of nitrogens with zero attached hydrogens (tertiary/aromatic N) is 1. The second kappa shape index (κ2) is 6.35. The fraction of sp³-hybridized carbons (Fsp3) is 0.667. The van der Waals surface area contributed by atoms with Crippen LogP contribution >= 0.6 is 0 Å². The lowest BCUT2D eigenvalue weighted by atomic mass is 9.69. The molecule has 1 saturated carbocycles. The van der Waals surface area contributed by atoms with Crippen LogP contribution in [0.15, 0.2) is 18.5 Å². The van der Waals surface area contributed by atoms with Crippen LogP contribution in [-0.2, 0) is 0 Å². The second-order valence-corrected chi connectivity index (χ2v) is 5.70. The van der Waals surface area contributed by atoms with Gasteiger partial charge in [0.05, 0.1) is 18.8 Å². The summed E-state index contributed by atoms with van der Waals surface area (Å²) < 4.78 is 5.53. The maximum Gasteiger partial charge on any atom is 0.137 e. The molecule has 1 fully saturated rings. The third kappa shape index (κ3) is 3.25. The summed E-state index contributed by atoms with van der Waals surface area (Å²) in [5, 5.41) is 0. The van der Waals surface area contributed by atoms with E-state index in [1.165, 1.54) is 32.1 Å². The molecule has 19 heavy (non-hydrogen) atoms. The molecule has 0 amide bonds. The van der Waals surface area contributed by atoms with Crippen LogP contribution in [0.25, 0.3) is 0 Å². The van der Waals surface area contributed by atoms with E-state index in [1.54, 1.807) is 6.20 Å². The number of rotatable bonds is 5. The van der Waals surface area contributed by atoms with Gasteiger partial charge in [0, 0.05) is 6.20 Å². The van der Waals surface area contributed by atoms with Gasteiger partial charge in [-0.1, -0.05) is 26.2 Å². The largest absolute Gasteiger partial charge is 0.492 e. The Morgan fingerprint density at radius 1 is 1.37 bits per heavy atom. The molecule has 1 atom stereocenters. The molecule has 3 N–H and O–H groups in total. The van der Waals surface area contributed by atoms with E-state index in [0.717, 1.165) is 11.3 Å². The van der Waals surface area contributed by atoms with Crippen LogP contribution in [0.2, 0.25) is 0 Å². The van der Waals surface area contributed by atoms with Gasteiger partial charge in [-0.05, 0) is 36.8 Å². The molecule has 1 aromatic heterocycles. The van der Waals surface area contributed by atoms with Crippen molar-refractivity contribution in [1.29, 1.82) is 0 Å². The minimum Gasteiger partial charge on any atom is -0.492 e. The number of hydrogen-bond acceptors (Lipinski definition) is 4. The molecule has 4 nitrogen and oxygen atoms in total. The fourth-order valence-electron chi connectivity index (χ4n) is 3.19. The maximum absolute atomic E-state index is 5.83. The predicted molar refractivity (Wildman–Crippen MR) is 76.7 cm³/mol. The number of hydrazine groups is 1. The first-order valence-electron chi connectivity index (χ1n) is 7.23. The summed E-state index contributed by atoms with van der Waals surface area (Å²) in [5.74, 6) is 6.65. The van der Waals surface area contributed by atoms with E-state index in [0.29, 0.717) is 6.61 Å². The molecule has 1 aromatic rings. The van der Waals surface area contributed by atoms with Gasteiger partial charge in [0.2, 0.25) is 0 Å². The van der Waals surface area contributed by atoms with Crippen molar-refractivity contribution in [3.8, 4) is 5.75 Å². The summed E-state index contributed by atoms with van der Waals surface area (Å²) in [7, 11) is 0. The molecule has 106 valence electrons. The zero-order chi connectivity index (χ0) is 13.7. The highest BCUT2D eigenvalue weighted by molar-refractivity contribution is 5.27. The average molecular weight is 263 g/mol. The Hall–Kier alpha value is -1.13. The Bertz CT molecular complexity index is 402. The molecule has 0 aromatic carbocycles. The normalized spacial score (nSPS) is 19.9. The third-order valence-electron chi connectivity index (χ3n) is 4.24. The van der Waals surface area contributed by atoms with Gasteiger partial charge in [-0.15, -0.1) is 0 Å². The van der Waals surface area contributed by atoms with Gasteiger partial charge in [0.1, 0.15) is 5.75 Å². The van der Waals surface area contributed by atoms with Crippen molar-refractivity contribution >= 4 is 0 Å². The fourth-order valence-corrected chi connectivity index (χ4v) is 3.19. The SMILES string of the molecule is CCOc1cncc(C(NN)C2(C)CCCCC2)c1. The predicted octanol–water partition coefficient (Wildman–Crippen LogP) is 2.96. The highest BCUT2D eigenvalue weighted by atomic mass is 16.5.